The quantitative estimate of drug-likeness (QED) is 0.908. The van der Waals surface area contributed by atoms with Crippen molar-refractivity contribution < 1.29 is 9.84 Å². The number of allylic oxidation sites excluding steroid dienone is 1. The van der Waals surface area contributed by atoms with Gasteiger partial charge < -0.3 is 14.7 Å². The van der Waals surface area contributed by atoms with Crippen LogP contribution in [0.25, 0.3) is 5.57 Å². The molecule has 1 aliphatic heterocycles. The number of anilines is 1. The van der Waals surface area contributed by atoms with Crippen molar-refractivity contribution in [3.8, 4) is 0 Å². The Labute approximate surface area is 115 Å². The molecule has 3 heteroatoms. The molecule has 2 rings (SSSR count). The second-order valence-electron chi connectivity index (χ2n) is 5.79. The first-order chi connectivity index (χ1) is 8.88. The summed E-state index contributed by atoms with van der Waals surface area (Å²) in [5.74, 6) is 0. The van der Waals surface area contributed by atoms with Gasteiger partial charge in [-0.2, -0.15) is 0 Å². The van der Waals surface area contributed by atoms with Crippen LogP contribution in [0.5, 0.6) is 0 Å². The SMILES string of the molecule is C=C(C)c1ccc(N2CCOC(C(C)(C)O)C2)cc1. The Morgan fingerprint density at radius 3 is 2.53 bits per heavy atom. The van der Waals surface area contributed by atoms with Gasteiger partial charge in [0.1, 0.15) is 6.10 Å². The minimum atomic E-state index is -0.809. The van der Waals surface area contributed by atoms with E-state index in [1.165, 1.54) is 5.69 Å². The van der Waals surface area contributed by atoms with Crippen molar-refractivity contribution in [2.45, 2.75) is 32.5 Å². The minimum absolute atomic E-state index is 0.151. The summed E-state index contributed by atoms with van der Waals surface area (Å²) in [5.41, 5.74) is 2.59. The molecule has 0 aromatic heterocycles. The Morgan fingerprint density at radius 2 is 2.00 bits per heavy atom. The van der Waals surface area contributed by atoms with Crippen LogP contribution in [-0.4, -0.2) is 36.5 Å². The van der Waals surface area contributed by atoms with E-state index < -0.39 is 5.60 Å². The predicted molar refractivity (Wildman–Crippen MR) is 79.4 cm³/mol. The summed E-state index contributed by atoms with van der Waals surface area (Å²) in [5, 5.41) is 10.1. The van der Waals surface area contributed by atoms with Gasteiger partial charge >= 0.3 is 0 Å². The van der Waals surface area contributed by atoms with E-state index in [1.807, 2.05) is 6.92 Å². The molecule has 1 aromatic carbocycles. The second-order valence-corrected chi connectivity index (χ2v) is 5.79. The van der Waals surface area contributed by atoms with Gasteiger partial charge in [-0.15, -0.1) is 0 Å². The Hall–Kier alpha value is -1.32. The number of benzene rings is 1. The molecule has 104 valence electrons. The number of morpholine rings is 1. The molecular formula is C16H23NO2. The molecule has 0 radical (unpaired) electrons. The summed E-state index contributed by atoms with van der Waals surface area (Å²) in [6.07, 6.45) is -0.151. The van der Waals surface area contributed by atoms with E-state index in [0.717, 1.165) is 24.2 Å². The molecule has 0 spiro atoms. The van der Waals surface area contributed by atoms with Gasteiger partial charge in [0.25, 0.3) is 0 Å². The van der Waals surface area contributed by atoms with Crippen molar-refractivity contribution in [3.63, 3.8) is 0 Å². The fraction of sp³-hybridized carbons (Fsp3) is 0.500. The normalized spacial score (nSPS) is 20.4. The topological polar surface area (TPSA) is 32.7 Å². The van der Waals surface area contributed by atoms with Gasteiger partial charge in [-0.05, 0) is 38.5 Å². The second kappa shape index (κ2) is 5.35. The Balaban J connectivity index is 2.11. The first-order valence-corrected chi connectivity index (χ1v) is 6.73. The number of hydrogen-bond donors (Lipinski definition) is 1. The Kier molecular flexibility index (Phi) is 3.97. The molecule has 1 fully saturated rings. The van der Waals surface area contributed by atoms with E-state index in [1.54, 1.807) is 13.8 Å². The lowest BCUT2D eigenvalue weighted by Gasteiger charge is -2.39. The standard InChI is InChI=1S/C16H23NO2/c1-12(2)13-5-7-14(8-6-13)17-9-10-19-15(11-17)16(3,4)18/h5-8,15,18H,1,9-11H2,2-4H3. The molecule has 1 N–H and O–H groups in total. The molecule has 1 saturated heterocycles. The largest absolute Gasteiger partial charge is 0.388 e. The molecule has 0 saturated carbocycles. The van der Waals surface area contributed by atoms with E-state index in [9.17, 15) is 5.11 Å². The Bertz CT molecular complexity index is 445. The van der Waals surface area contributed by atoms with Crippen molar-refractivity contribution in [1.82, 2.24) is 0 Å². The van der Waals surface area contributed by atoms with Crippen molar-refractivity contribution in [1.29, 1.82) is 0 Å². The van der Waals surface area contributed by atoms with E-state index in [0.29, 0.717) is 6.61 Å². The molecule has 1 atom stereocenters. The molecule has 1 aromatic rings. The highest BCUT2D eigenvalue weighted by atomic mass is 16.5. The zero-order valence-corrected chi connectivity index (χ0v) is 12.0. The molecule has 1 heterocycles. The molecule has 0 aliphatic carbocycles. The lowest BCUT2D eigenvalue weighted by Crippen LogP contribution is -2.52. The van der Waals surface area contributed by atoms with Crippen LogP contribution in [0.4, 0.5) is 5.69 Å². The third kappa shape index (κ3) is 3.37. The average molecular weight is 261 g/mol. The third-order valence-electron chi connectivity index (χ3n) is 3.58. The van der Waals surface area contributed by atoms with Crippen molar-refractivity contribution in [3.05, 3.63) is 36.4 Å². The number of hydrogen-bond acceptors (Lipinski definition) is 3. The lowest BCUT2D eigenvalue weighted by molar-refractivity contribution is -0.0927. The maximum atomic E-state index is 10.1. The monoisotopic (exact) mass is 261 g/mol. The van der Waals surface area contributed by atoms with E-state index in [-0.39, 0.29) is 6.10 Å². The maximum Gasteiger partial charge on any atom is 0.103 e. The van der Waals surface area contributed by atoms with Crippen LogP contribution in [-0.2, 0) is 4.74 Å². The maximum absolute atomic E-state index is 10.1. The number of ether oxygens (including phenoxy) is 1. The van der Waals surface area contributed by atoms with Crippen molar-refractivity contribution >= 4 is 11.3 Å². The molecule has 1 unspecified atom stereocenters. The minimum Gasteiger partial charge on any atom is -0.388 e. The smallest absolute Gasteiger partial charge is 0.103 e. The van der Waals surface area contributed by atoms with E-state index in [2.05, 4.69) is 35.7 Å². The summed E-state index contributed by atoms with van der Waals surface area (Å²) in [6, 6.07) is 8.39. The van der Waals surface area contributed by atoms with E-state index in [4.69, 9.17) is 4.74 Å². The van der Waals surface area contributed by atoms with Gasteiger partial charge in [0.05, 0.1) is 12.2 Å². The van der Waals surface area contributed by atoms with Gasteiger partial charge in [0, 0.05) is 18.8 Å². The summed E-state index contributed by atoms with van der Waals surface area (Å²) >= 11 is 0. The van der Waals surface area contributed by atoms with Gasteiger partial charge in [-0.25, -0.2) is 0 Å². The van der Waals surface area contributed by atoms with Crippen LogP contribution < -0.4 is 4.90 Å². The molecular weight excluding hydrogens is 238 g/mol. The predicted octanol–water partition coefficient (Wildman–Crippen LogP) is 2.70. The van der Waals surface area contributed by atoms with Gasteiger partial charge in [0.15, 0.2) is 0 Å². The first-order valence-electron chi connectivity index (χ1n) is 6.73. The summed E-state index contributed by atoms with van der Waals surface area (Å²) in [4.78, 5) is 2.26. The highest BCUT2D eigenvalue weighted by Gasteiger charge is 2.32. The van der Waals surface area contributed by atoms with Gasteiger partial charge in [0.2, 0.25) is 0 Å². The van der Waals surface area contributed by atoms with Crippen molar-refractivity contribution in [2.24, 2.45) is 0 Å². The first kappa shape index (κ1) is 14.1. The average Bonchev–Trinajstić information content (AvgIpc) is 2.38. The summed E-state index contributed by atoms with van der Waals surface area (Å²) < 4.78 is 5.65. The van der Waals surface area contributed by atoms with Crippen LogP contribution >= 0.6 is 0 Å². The molecule has 0 bridgehead atoms. The number of aliphatic hydroxyl groups is 1. The fourth-order valence-corrected chi connectivity index (χ4v) is 2.27. The van der Waals surface area contributed by atoms with Gasteiger partial charge in [-0.1, -0.05) is 24.3 Å². The lowest BCUT2D eigenvalue weighted by atomic mass is 10.00. The van der Waals surface area contributed by atoms with Crippen LogP contribution in [0.3, 0.4) is 0 Å². The summed E-state index contributed by atoms with van der Waals surface area (Å²) in [6.45, 7) is 11.8. The highest BCUT2D eigenvalue weighted by Crippen LogP contribution is 2.24. The fourth-order valence-electron chi connectivity index (χ4n) is 2.27. The number of nitrogens with zero attached hydrogens (tertiary/aromatic N) is 1. The molecule has 1 aliphatic rings. The van der Waals surface area contributed by atoms with Crippen LogP contribution in [0.1, 0.15) is 26.3 Å². The molecule has 19 heavy (non-hydrogen) atoms. The van der Waals surface area contributed by atoms with Crippen LogP contribution in [0.2, 0.25) is 0 Å². The summed E-state index contributed by atoms with van der Waals surface area (Å²) in [7, 11) is 0. The Morgan fingerprint density at radius 1 is 1.37 bits per heavy atom. The zero-order chi connectivity index (χ0) is 14.0. The molecule has 3 nitrogen and oxygen atoms in total. The highest BCUT2D eigenvalue weighted by molar-refractivity contribution is 5.64. The van der Waals surface area contributed by atoms with Crippen LogP contribution in [0, 0.1) is 0 Å². The number of rotatable bonds is 3. The zero-order valence-electron chi connectivity index (χ0n) is 12.0. The third-order valence-corrected chi connectivity index (χ3v) is 3.58. The van der Waals surface area contributed by atoms with E-state index >= 15 is 0 Å². The van der Waals surface area contributed by atoms with Crippen LogP contribution in [0.15, 0.2) is 30.8 Å². The van der Waals surface area contributed by atoms with Gasteiger partial charge in [-0.3, -0.25) is 0 Å². The van der Waals surface area contributed by atoms with Crippen molar-refractivity contribution in [2.75, 3.05) is 24.6 Å². The molecule has 0 amide bonds.